The van der Waals surface area contributed by atoms with Gasteiger partial charge in [-0.1, -0.05) is 6.07 Å². The second-order valence-corrected chi connectivity index (χ2v) is 4.75. The van der Waals surface area contributed by atoms with Gasteiger partial charge in [0.1, 0.15) is 5.75 Å². The first-order chi connectivity index (χ1) is 9.29. The molecule has 0 aliphatic heterocycles. The van der Waals surface area contributed by atoms with E-state index in [1.165, 1.54) is 12.1 Å². The molecule has 0 fully saturated rings. The third-order valence-electron chi connectivity index (χ3n) is 2.51. The molecule has 0 bridgehead atoms. The molecule has 1 heterocycles. The minimum atomic E-state index is -4.63. The number of pyridine rings is 1. The van der Waals surface area contributed by atoms with Crippen LogP contribution in [0, 0.1) is 0 Å². The van der Waals surface area contributed by atoms with E-state index in [1.807, 2.05) is 0 Å². The summed E-state index contributed by atoms with van der Waals surface area (Å²) < 4.78 is 59.9. The van der Waals surface area contributed by atoms with Crippen molar-refractivity contribution in [3.05, 3.63) is 42.1 Å². The number of halogens is 3. The Labute approximate surface area is 114 Å². The molecule has 0 amide bonds. The number of hydrogen-bond acceptors (Lipinski definition) is 4. The molecule has 2 rings (SSSR count). The average molecular weight is 302 g/mol. The third-order valence-corrected chi connectivity index (χ3v) is 3.21. The van der Waals surface area contributed by atoms with Crippen molar-refractivity contribution in [2.75, 3.05) is 0 Å². The number of nitrogens with zero attached hydrogens (tertiary/aromatic N) is 1. The summed E-state index contributed by atoms with van der Waals surface area (Å²) in [5, 5.41) is 9.10. The Morgan fingerprint density at radius 3 is 2.40 bits per heavy atom. The van der Waals surface area contributed by atoms with Crippen LogP contribution in [0.25, 0.3) is 11.3 Å². The smallest absolute Gasteiger partial charge is 0.416 e. The van der Waals surface area contributed by atoms with E-state index in [9.17, 15) is 21.9 Å². The summed E-state index contributed by atoms with van der Waals surface area (Å²) in [6.45, 7) is 0. The monoisotopic (exact) mass is 302 g/mol. The first-order valence-electron chi connectivity index (χ1n) is 5.25. The Kier molecular flexibility index (Phi) is 3.78. The summed E-state index contributed by atoms with van der Waals surface area (Å²) in [5.41, 5.74) is -0.874. The van der Waals surface area contributed by atoms with Crippen LogP contribution in [0.1, 0.15) is 5.56 Å². The molecule has 0 saturated carbocycles. The molecule has 0 aliphatic carbocycles. The van der Waals surface area contributed by atoms with Gasteiger partial charge >= 0.3 is 6.18 Å². The fourth-order valence-corrected chi connectivity index (χ4v) is 2.17. The molecule has 1 aromatic heterocycles. The second-order valence-electron chi connectivity index (χ2n) is 3.85. The molecule has 0 spiro atoms. The molecular weight excluding hydrogens is 295 g/mol. The normalized spacial score (nSPS) is 13.2. The minimum absolute atomic E-state index is 0.0336. The quantitative estimate of drug-likeness (QED) is 0.866. The average Bonchev–Trinajstić information content (AvgIpc) is 2.38. The van der Waals surface area contributed by atoms with Crippen LogP contribution in [-0.2, 0) is 17.3 Å². The van der Waals surface area contributed by atoms with Gasteiger partial charge in [-0.15, -0.1) is 0 Å². The Bertz CT molecular complexity index is 656. The van der Waals surface area contributed by atoms with Crippen molar-refractivity contribution in [1.82, 2.24) is 4.98 Å². The Morgan fingerprint density at radius 1 is 1.20 bits per heavy atom. The van der Waals surface area contributed by atoms with Gasteiger partial charge < -0.3 is 9.66 Å². The van der Waals surface area contributed by atoms with Crippen molar-refractivity contribution >= 4 is 11.1 Å². The molecule has 0 radical (unpaired) electrons. The zero-order valence-corrected chi connectivity index (χ0v) is 10.5. The Morgan fingerprint density at radius 2 is 1.90 bits per heavy atom. The van der Waals surface area contributed by atoms with Crippen LogP contribution in [-0.4, -0.2) is 18.9 Å². The lowest BCUT2D eigenvalue weighted by Gasteiger charge is -2.15. The maximum absolute atomic E-state index is 12.6. The number of rotatable bonds is 2. The van der Waals surface area contributed by atoms with Crippen LogP contribution < -0.4 is 0 Å². The SMILES string of the molecule is O=S([O-])c1cc(C(F)(F)F)ccc1-c1ccc(O)cn1. The van der Waals surface area contributed by atoms with Crippen LogP contribution >= 0.6 is 0 Å². The first-order valence-corrected chi connectivity index (χ1v) is 6.32. The van der Waals surface area contributed by atoms with E-state index >= 15 is 0 Å². The van der Waals surface area contributed by atoms with Crippen molar-refractivity contribution in [2.24, 2.45) is 0 Å². The van der Waals surface area contributed by atoms with Crippen LogP contribution in [0.3, 0.4) is 0 Å². The topological polar surface area (TPSA) is 73.2 Å². The van der Waals surface area contributed by atoms with Gasteiger partial charge in [-0.05, 0) is 35.3 Å². The van der Waals surface area contributed by atoms with Crippen LogP contribution in [0.5, 0.6) is 5.75 Å². The lowest BCUT2D eigenvalue weighted by atomic mass is 10.1. The summed E-state index contributed by atoms with van der Waals surface area (Å²) in [6, 6.07) is 4.94. The van der Waals surface area contributed by atoms with E-state index in [0.29, 0.717) is 6.07 Å². The molecule has 0 saturated heterocycles. The fraction of sp³-hybridized carbons (Fsp3) is 0.0833. The van der Waals surface area contributed by atoms with Gasteiger partial charge in [0.2, 0.25) is 0 Å². The molecule has 2 aromatic rings. The number of alkyl halides is 3. The van der Waals surface area contributed by atoms with Crippen molar-refractivity contribution in [2.45, 2.75) is 11.1 Å². The maximum Gasteiger partial charge on any atom is 0.416 e. The Balaban J connectivity index is 2.59. The number of aromatic nitrogens is 1. The molecule has 1 unspecified atom stereocenters. The highest BCUT2D eigenvalue weighted by Crippen LogP contribution is 2.34. The predicted octanol–water partition coefficient (Wildman–Crippen LogP) is 2.71. The van der Waals surface area contributed by atoms with E-state index < -0.39 is 27.7 Å². The van der Waals surface area contributed by atoms with Gasteiger partial charge in [0.25, 0.3) is 0 Å². The van der Waals surface area contributed by atoms with Crippen molar-refractivity contribution < 1.29 is 27.0 Å². The molecule has 20 heavy (non-hydrogen) atoms. The summed E-state index contributed by atoms with van der Waals surface area (Å²) in [6.07, 6.45) is -3.56. The van der Waals surface area contributed by atoms with Crippen molar-refractivity contribution in [3.8, 4) is 17.0 Å². The largest absolute Gasteiger partial charge is 0.768 e. The van der Waals surface area contributed by atoms with Gasteiger partial charge in [-0.3, -0.25) is 9.19 Å². The minimum Gasteiger partial charge on any atom is -0.768 e. The molecule has 1 aromatic carbocycles. The lowest BCUT2D eigenvalue weighted by Crippen LogP contribution is -2.07. The molecule has 106 valence electrons. The van der Waals surface area contributed by atoms with Crippen LogP contribution in [0.2, 0.25) is 0 Å². The summed E-state index contributed by atoms with van der Waals surface area (Å²) in [5.74, 6) is -0.134. The van der Waals surface area contributed by atoms with Gasteiger partial charge in [-0.2, -0.15) is 13.2 Å². The number of benzene rings is 1. The highest BCUT2D eigenvalue weighted by molar-refractivity contribution is 7.79. The van der Waals surface area contributed by atoms with Crippen LogP contribution in [0.15, 0.2) is 41.4 Å². The van der Waals surface area contributed by atoms with E-state index in [4.69, 9.17) is 5.11 Å². The van der Waals surface area contributed by atoms with E-state index in [2.05, 4.69) is 4.98 Å². The van der Waals surface area contributed by atoms with E-state index in [0.717, 1.165) is 18.3 Å². The van der Waals surface area contributed by atoms with E-state index in [-0.39, 0.29) is 17.0 Å². The second kappa shape index (κ2) is 5.22. The molecule has 8 heteroatoms. The summed E-state index contributed by atoms with van der Waals surface area (Å²) >= 11 is -2.84. The summed E-state index contributed by atoms with van der Waals surface area (Å²) in [4.78, 5) is 3.28. The highest BCUT2D eigenvalue weighted by Gasteiger charge is 2.31. The molecule has 1 atom stereocenters. The van der Waals surface area contributed by atoms with Crippen molar-refractivity contribution in [1.29, 1.82) is 0 Å². The standard InChI is InChI=1S/C12H8F3NO3S/c13-12(14,15)7-1-3-9(11(5-7)20(18)19)10-4-2-8(17)6-16-10/h1-6,17H,(H,18,19)/p-1. The van der Waals surface area contributed by atoms with Gasteiger partial charge in [0, 0.05) is 10.5 Å². The van der Waals surface area contributed by atoms with E-state index in [1.54, 1.807) is 0 Å². The summed E-state index contributed by atoms with van der Waals surface area (Å²) in [7, 11) is 0. The predicted molar refractivity (Wildman–Crippen MR) is 63.5 cm³/mol. The Hall–Kier alpha value is -1.93. The molecule has 1 N–H and O–H groups in total. The zero-order chi connectivity index (χ0) is 14.9. The fourth-order valence-electron chi connectivity index (χ4n) is 1.59. The first kappa shape index (κ1) is 14.5. The number of aromatic hydroxyl groups is 1. The molecule has 0 aliphatic rings. The van der Waals surface area contributed by atoms with Crippen LogP contribution in [0.4, 0.5) is 13.2 Å². The molecular formula is C12H7F3NO3S-. The van der Waals surface area contributed by atoms with Crippen molar-refractivity contribution in [3.63, 3.8) is 0 Å². The molecule has 4 nitrogen and oxygen atoms in total. The van der Waals surface area contributed by atoms with Gasteiger partial charge in [0.15, 0.2) is 0 Å². The van der Waals surface area contributed by atoms with Gasteiger partial charge in [-0.25, -0.2) is 0 Å². The highest BCUT2D eigenvalue weighted by atomic mass is 32.2. The lowest BCUT2D eigenvalue weighted by molar-refractivity contribution is -0.137. The zero-order valence-electron chi connectivity index (χ0n) is 9.72. The third kappa shape index (κ3) is 2.97. The maximum atomic E-state index is 12.6. The number of hydrogen-bond donors (Lipinski definition) is 1. The van der Waals surface area contributed by atoms with Gasteiger partial charge in [0.05, 0.1) is 17.5 Å².